The Kier molecular flexibility index (Phi) is 6.39. The molecule has 0 bridgehead atoms. The van der Waals surface area contributed by atoms with Gasteiger partial charge in [0.05, 0.1) is 17.3 Å². The Balaban J connectivity index is 1.34. The fourth-order valence-corrected chi connectivity index (χ4v) is 4.90. The molecular formula is C26H25N5OS. The van der Waals surface area contributed by atoms with Crippen molar-refractivity contribution in [3.05, 3.63) is 89.9 Å². The van der Waals surface area contributed by atoms with E-state index in [1.807, 2.05) is 83.1 Å². The van der Waals surface area contributed by atoms with E-state index < -0.39 is 0 Å². The molecular weight excluding hydrogens is 430 g/mol. The number of thiophene rings is 1. The summed E-state index contributed by atoms with van der Waals surface area (Å²) in [7, 11) is 0. The Bertz CT molecular complexity index is 1170. The summed E-state index contributed by atoms with van der Waals surface area (Å²) in [5.41, 5.74) is 1.96. The lowest BCUT2D eigenvalue weighted by molar-refractivity contribution is -0.122. The molecule has 1 aromatic carbocycles. The van der Waals surface area contributed by atoms with Crippen molar-refractivity contribution < 1.29 is 4.79 Å². The van der Waals surface area contributed by atoms with Crippen LogP contribution in [0.5, 0.6) is 0 Å². The molecule has 4 heterocycles. The van der Waals surface area contributed by atoms with E-state index in [0.29, 0.717) is 18.9 Å². The first-order chi connectivity index (χ1) is 16.3. The zero-order valence-corrected chi connectivity index (χ0v) is 19.1. The lowest BCUT2D eigenvalue weighted by atomic mass is 9.96. The fraction of sp³-hybridized carbons (Fsp3) is 0.231. The van der Waals surface area contributed by atoms with Crippen LogP contribution in [0.4, 0.5) is 11.6 Å². The summed E-state index contributed by atoms with van der Waals surface area (Å²) in [5, 5.41) is 10.9. The van der Waals surface area contributed by atoms with Crippen molar-refractivity contribution in [3.63, 3.8) is 0 Å². The van der Waals surface area contributed by atoms with E-state index in [1.165, 1.54) is 0 Å². The molecule has 1 aliphatic heterocycles. The number of carbonyl (C=O) groups is 1. The van der Waals surface area contributed by atoms with E-state index in [4.69, 9.17) is 0 Å². The molecule has 3 aromatic heterocycles. The maximum atomic E-state index is 13.7. The van der Waals surface area contributed by atoms with Crippen molar-refractivity contribution in [2.45, 2.75) is 19.4 Å². The maximum absolute atomic E-state index is 13.7. The van der Waals surface area contributed by atoms with Gasteiger partial charge in [-0.1, -0.05) is 42.5 Å². The second kappa shape index (κ2) is 9.92. The molecule has 1 saturated heterocycles. The Hall–Kier alpha value is -3.58. The van der Waals surface area contributed by atoms with Gasteiger partial charge >= 0.3 is 0 Å². The SMILES string of the molecule is O=C(C1CCCN(c2ccc(-c3cccs3)nn2)C1)N(Cc1ccccc1)c1ccccn1. The van der Waals surface area contributed by atoms with Crippen molar-refractivity contribution in [1.29, 1.82) is 0 Å². The quantitative estimate of drug-likeness (QED) is 0.407. The lowest BCUT2D eigenvalue weighted by Crippen LogP contribution is -2.45. The average molecular weight is 456 g/mol. The van der Waals surface area contributed by atoms with Crippen LogP contribution < -0.4 is 9.80 Å². The summed E-state index contributed by atoms with van der Waals surface area (Å²) in [5.74, 6) is 1.48. The molecule has 0 spiro atoms. The number of aromatic nitrogens is 3. The number of hydrogen-bond donors (Lipinski definition) is 0. The highest BCUT2D eigenvalue weighted by atomic mass is 32.1. The maximum Gasteiger partial charge on any atom is 0.233 e. The molecule has 6 nitrogen and oxygen atoms in total. The van der Waals surface area contributed by atoms with Crippen LogP contribution in [-0.4, -0.2) is 34.2 Å². The van der Waals surface area contributed by atoms with E-state index in [2.05, 4.69) is 20.1 Å². The first kappa shape index (κ1) is 21.3. The highest BCUT2D eigenvalue weighted by Gasteiger charge is 2.31. The van der Waals surface area contributed by atoms with Crippen molar-refractivity contribution in [2.24, 2.45) is 5.92 Å². The van der Waals surface area contributed by atoms with Gasteiger partial charge in [0, 0.05) is 19.3 Å². The molecule has 1 unspecified atom stereocenters. The predicted octanol–water partition coefficient (Wildman–Crippen LogP) is 5.05. The monoisotopic (exact) mass is 455 g/mol. The molecule has 7 heteroatoms. The molecule has 0 aliphatic carbocycles. The van der Waals surface area contributed by atoms with E-state index in [0.717, 1.165) is 41.3 Å². The minimum Gasteiger partial charge on any atom is -0.354 e. The molecule has 1 amide bonds. The molecule has 0 radical (unpaired) electrons. The first-order valence-electron chi connectivity index (χ1n) is 11.2. The van der Waals surface area contributed by atoms with Crippen LogP contribution in [0.15, 0.2) is 84.4 Å². The largest absolute Gasteiger partial charge is 0.354 e. The third kappa shape index (κ3) is 4.93. The van der Waals surface area contributed by atoms with Crippen LogP contribution in [0.1, 0.15) is 18.4 Å². The second-order valence-corrected chi connectivity index (χ2v) is 9.08. The van der Waals surface area contributed by atoms with Gasteiger partial charge in [0.15, 0.2) is 5.82 Å². The number of amides is 1. The molecule has 1 atom stereocenters. The number of rotatable bonds is 6. The van der Waals surface area contributed by atoms with Crippen LogP contribution in [0, 0.1) is 5.92 Å². The van der Waals surface area contributed by atoms with Gasteiger partial charge in [0.25, 0.3) is 0 Å². The van der Waals surface area contributed by atoms with Gasteiger partial charge < -0.3 is 4.90 Å². The zero-order valence-electron chi connectivity index (χ0n) is 18.2. The molecule has 0 saturated carbocycles. The summed E-state index contributed by atoms with van der Waals surface area (Å²) in [6.45, 7) is 2.01. The minimum atomic E-state index is -0.122. The Morgan fingerprint density at radius 2 is 1.88 bits per heavy atom. The highest BCUT2D eigenvalue weighted by Crippen LogP contribution is 2.27. The van der Waals surface area contributed by atoms with Crippen molar-refractivity contribution in [1.82, 2.24) is 15.2 Å². The summed E-state index contributed by atoms with van der Waals surface area (Å²) in [6.07, 6.45) is 3.53. The van der Waals surface area contributed by atoms with Crippen LogP contribution in [0.25, 0.3) is 10.6 Å². The average Bonchev–Trinajstić information content (AvgIpc) is 3.43. The Morgan fingerprint density at radius 3 is 2.61 bits per heavy atom. The number of anilines is 2. The molecule has 1 aliphatic rings. The number of piperidine rings is 1. The number of hydrogen-bond acceptors (Lipinski definition) is 6. The number of pyridine rings is 1. The van der Waals surface area contributed by atoms with E-state index in [9.17, 15) is 4.79 Å². The number of nitrogens with zero attached hydrogens (tertiary/aromatic N) is 5. The Labute approximate surface area is 197 Å². The number of benzene rings is 1. The third-order valence-electron chi connectivity index (χ3n) is 5.89. The van der Waals surface area contributed by atoms with Crippen LogP contribution >= 0.6 is 11.3 Å². The molecule has 0 N–H and O–H groups in total. The van der Waals surface area contributed by atoms with Crippen molar-refractivity contribution in [3.8, 4) is 10.6 Å². The molecule has 33 heavy (non-hydrogen) atoms. The van der Waals surface area contributed by atoms with Crippen LogP contribution in [-0.2, 0) is 11.3 Å². The Morgan fingerprint density at radius 1 is 1.00 bits per heavy atom. The zero-order chi connectivity index (χ0) is 22.5. The standard InChI is InChI=1S/C26H25N5OS/c32-26(31(24-12-4-5-15-27-24)18-20-8-2-1-3-9-20)21-10-6-16-30(19-21)25-14-13-22(28-29-25)23-11-7-17-33-23/h1-5,7-9,11-15,17,21H,6,10,16,18-19H2. The van der Waals surface area contributed by atoms with Gasteiger partial charge in [0.2, 0.25) is 5.91 Å². The van der Waals surface area contributed by atoms with Crippen LogP contribution in [0.3, 0.4) is 0 Å². The summed E-state index contributed by atoms with van der Waals surface area (Å²) in [6, 6.07) is 23.8. The second-order valence-electron chi connectivity index (χ2n) is 8.14. The third-order valence-corrected chi connectivity index (χ3v) is 6.79. The van der Waals surface area contributed by atoms with Crippen LogP contribution in [0.2, 0.25) is 0 Å². The number of carbonyl (C=O) groups excluding carboxylic acids is 1. The van der Waals surface area contributed by atoms with E-state index in [1.54, 1.807) is 17.5 Å². The first-order valence-corrected chi connectivity index (χ1v) is 12.0. The fourth-order valence-electron chi connectivity index (χ4n) is 4.21. The lowest BCUT2D eigenvalue weighted by Gasteiger charge is -2.35. The highest BCUT2D eigenvalue weighted by molar-refractivity contribution is 7.13. The summed E-state index contributed by atoms with van der Waals surface area (Å²) in [4.78, 5) is 23.3. The minimum absolute atomic E-state index is 0.102. The molecule has 5 rings (SSSR count). The van der Waals surface area contributed by atoms with Gasteiger partial charge in [0.1, 0.15) is 11.5 Å². The normalized spacial score (nSPS) is 15.9. The van der Waals surface area contributed by atoms with Gasteiger partial charge in [-0.15, -0.1) is 21.5 Å². The molecule has 166 valence electrons. The molecule has 1 fully saturated rings. The van der Waals surface area contributed by atoms with Gasteiger partial charge in [-0.3, -0.25) is 9.69 Å². The smallest absolute Gasteiger partial charge is 0.233 e. The van der Waals surface area contributed by atoms with Crippen molar-refractivity contribution >= 4 is 28.9 Å². The van der Waals surface area contributed by atoms with Gasteiger partial charge in [-0.25, -0.2) is 4.98 Å². The summed E-state index contributed by atoms with van der Waals surface area (Å²) < 4.78 is 0. The van der Waals surface area contributed by atoms with Crippen molar-refractivity contribution in [2.75, 3.05) is 22.9 Å². The topological polar surface area (TPSA) is 62.2 Å². The predicted molar refractivity (Wildman–Crippen MR) is 132 cm³/mol. The summed E-state index contributed by atoms with van der Waals surface area (Å²) >= 11 is 1.65. The van der Waals surface area contributed by atoms with Gasteiger partial charge in [-0.05, 0) is 54.1 Å². The van der Waals surface area contributed by atoms with E-state index >= 15 is 0 Å². The van der Waals surface area contributed by atoms with E-state index in [-0.39, 0.29) is 11.8 Å². The molecule has 4 aromatic rings. The van der Waals surface area contributed by atoms with Gasteiger partial charge in [-0.2, -0.15) is 0 Å².